The van der Waals surface area contributed by atoms with Gasteiger partial charge in [0.15, 0.2) is 0 Å². The van der Waals surface area contributed by atoms with Gasteiger partial charge in [0.25, 0.3) is 0 Å². The minimum atomic E-state index is -0.908. The molecule has 0 unspecified atom stereocenters. The molecule has 1 heterocycles. The molecule has 0 aliphatic carbocycles. The molecule has 0 aliphatic rings. The summed E-state index contributed by atoms with van der Waals surface area (Å²) in [5.74, 6) is -0.908. The smallest absolute Gasteiger partial charge is 0.335 e. The maximum absolute atomic E-state index is 10.7. The van der Waals surface area contributed by atoms with Gasteiger partial charge in [-0.25, -0.2) is 4.79 Å². The number of hydrogen-bond donors (Lipinski definition) is 2. The van der Waals surface area contributed by atoms with Crippen molar-refractivity contribution in [1.29, 1.82) is 0 Å². The lowest BCUT2D eigenvalue weighted by Crippen LogP contribution is -2.14. The van der Waals surface area contributed by atoms with Crippen LogP contribution in [0.25, 0.3) is 0 Å². The molecule has 0 bridgehead atoms. The number of aromatic nitrogens is 2. The van der Waals surface area contributed by atoms with E-state index in [1.807, 2.05) is 6.92 Å². The summed E-state index contributed by atoms with van der Waals surface area (Å²) in [6, 6.07) is 6.81. The van der Waals surface area contributed by atoms with Crippen LogP contribution in [0.3, 0.4) is 0 Å². The second-order valence-corrected chi connectivity index (χ2v) is 4.25. The van der Waals surface area contributed by atoms with E-state index >= 15 is 0 Å². The van der Waals surface area contributed by atoms with Gasteiger partial charge in [0.2, 0.25) is 0 Å². The lowest BCUT2D eigenvalue weighted by molar-refractivity contribution is 0.0697. The molecule has 0 atom stereocenters. The Bertz CT molecular complexity index is 550. The summed E-state index contributed by atoms with van der Waals surface area (Å²) in [5.41, 5.74) is 3.11. The highest BCUT2D eigenvalue weighted by Crippen LogP contribution is 2.04. The van der Waals surface area contributed by atoms with Crippen LogP contribution in [-0.2, 0) is 13.1 Å². The van der Waals surface area contributed by atoms with Crippen LogP contribution in [0, 0.1) is 6.92 Å². The van der Waals surface area contributed by atoms with Crippen LogP contribution in [0.15, 0.2) is 36.7 Å². The first-order valence-corrected chi connectivity index (χ1v) is 5.95. The first-order chi connectivity index (χ1) is 9.15. The van der Waals surface area contributed by atoms with Crippen molar-refractivity contribution in [3.05, 3.63) is 59.2 Å². The molecular weight excluding hydrogens is 242 g/mol. The van der Waals surface area contributed by atoms with Gasteiger partial charge in [-0.3, -0.25) is 9.97 Å². The molecule has 19 heavy (non-hydrogen) atoms. The molecule has 2 aromatic rings. The number of benzene rings is 1. The first-order valence-electron chi connectivity index (χ1n) is 5.95. The summed E-state index contributed by atoms with van der Waals surface area (Å²) in [5, 5.41) is 12.0. The summed E-state index contributed by atoms with van der Waals surface area (Å²) >= 11 is 0. The summed E-state index contributed by atoms with van der Waals surface area (Å²) in [7, 11) is 0. The van der Waals surface area contributed by atoms with Crippen molar-refractivity contribution in [2.75, 3.05) is 0 Å². The SMILES string of the molecule is Cc1cnc(CNCc2ccc(C(=O)O)cc2)cn1. The number of rotatable bonds is 5. The molecule has 1 aromatic carbocycles. The third-order valence-corrected chi connectivity index (χ3v) is 2.67. The number of carboxylic acids is 1. The lowest BCUT2D eigenvalue weighted by atomic mass is 10.1. The van der Waals surface area contributed by atoms with Gasteiger partial charge in [-0.05, 0) is 24.6 Å². The Labute approximate surface area is 111 Å². The molecule has 5 heteroatoms. The number of aromatic carboxylic acids is 1. The first kappa shape index (κ1) is 13.2. The van der Waals surface area contributed by atoms with Gasteiger partial charge in [0.05, 0.1) is 17.0 Å². The van der Waals surface area contributed by atoms with Crippen molar-refractivity contribution in [3.63, 3.8) is 0 Å². The van der Waals surface area contributed by atoms with Gasteiger partial charge in [0, 0.05) is 25.5 Å². The minimum absolute atomic E-state index is 0.299. The van der Waals surface area contributed by atoms with E-state index in [1.165, 1.54) is 0 Å². The molecule has 98 valence electrons. The zero-order valence-electron chi connectivity index (χ0n) is 10.6. The normalized spacial score (nSPS) is 10.4. The number of aryl methyl sites for hydroxylation is 1. The van der Waals surface area contributed by atoms with E-state index in [1.54, 1.807) is 36.7 Å². The predicted octanol–water partition coefficient (Wildman–Crippen LogP) is 1.77. The van der Waals surface area contributed by atoms with Gasteiger partial charge in [0.1, 0.15) is 0 Å². The van der Waals surface area contributed by atoms with Crippen molar-refractivity contribution in [3.8, 4) is 0 Å². The zero-order valence-corrected chi connectivity index (χ0v) is 10.6. The van der Waals surface area contributed by atoms with E-state index in [9.17, 15) is 4.79 Å². The number of nitrogens with one attached hydrogen (secondary N) is 1. The van der Waals surface area contributed by atoms with Crippen molar-refractivity contribution >= 4 is 5.97 Å². The molecule has 0 spiro atoms. The summed E-state index contributed by atoms with van der Waals surface area (Å²) in [6.07, 6.45) is 3.48. The molecule has 0 radical (unpaired) electrons. The molecule has 0 saturated carbocycles. The van der Waals surface area contributed by atoms with Crippen LogP contribution in [0.4, 0.5) is 0 Å². The van der Waals surface area contributed by atoms with Crippen LogP contribution in [-0.4, -0.2) is 21.0 Å². The summed E-state index contributed by atoms with van der Waals surface area (Å²) < 4.78 is 0. The van der Waals surface area contributed by atoms with E-state index in [0.29, 0.717) is 18.7 Å². The fraction of sp³-hybridized carbons (Fsp3) is 0.214. The molecular formula is C14H15N3O2. The van der Waals surface area contributed by atoms with Crippen LogP contribution < -0.4 is 5.32 Å². The van der Waals surface area contributed by atoms with Gasteiger partial charge >= 0.3 is 5.97 Å². The molecule has 2 rings (SSSR count). The minimum Gasteiger partial charge on any atom is -0.478 e. The monoisotopic (exact) mass is 257 g/mol. The fourth-order valence-corrected chi connectivity index (χ4v) is 1.61. The predicted molar refractivity (Wildman–Crippen MR) is 70.7 cm³/mol. The Morgan fingerprint density at radius 3 is 2.47 bits per heavy atom. The van der Waals surface area contributed by atoms with Crippen LogP contribution in [0.2, 0.25) is 0 Å². The highest BCUT2D eigenvalue weighted by atomic mass is 16.4. The van der Waals surface area contributed by atoms with Gasteiger partial charge in [-0.1, -0.05) is 12.1 Å². The highest BCUT2D eigenvalue weighted by Gasteiger charge is 2.01. The fourth-order valence-electron chi connectivity index (χ4n) is 1.61. The Morgan fingerprint density at radius 2 is 1.89 bits per heavy atom. The zero-order chi connectivity index (χ0) is 13.7. The second-order valence-electron chi connectivity index (χ2n) is 4.25. The Balaban J connectivity index is 1.85. The molecule has 0 saturated heterocycles. The maximum atomic E-state index is 10.7. The number of carbonyl (C=O) groups is 1. The van der Waals surface area contributed by atoms with E-state index < -0.39 is 5.97 Å². The van der Waals surface area contributed by atoms with Crippen LogP contribution >= 0.6 is 0 Å². The molecule has 0 aliphatic heterocycles. The van der Waals surface area contributed by atoms with Crippen LogP contribution in [0.1, 0.15) is 27.3 Å². The van der Waals surface area contributed by atoms with Crippen molar-refractivity contribution in [2.45, 2.75) is 20.0 Å². The average Bonchev–Trinajstić information content (AvgIpc) is 2.41. The van der Waals surface area contributed by atoms with E-state index in [4.69, 9.17) is 5.11 Å². The maximum Gasteiger partial charge on any atom is 0.335 e. The molecule has 0 fully saturated rings. The van der Waals surface area contributed by atoms with E-state index in [0.717, 1.165) is 17.0 Å². The summed E-state index contributed by atoms with van der Waals surface area (Å²) in [6.45, 7) is 3.19. The standard InChI is InChI=1S/C14H15N3O2/c1-10-6-17-13(9-16-10)8-15-7-11-2-4-12(5-3-11)14(18)19/h2-6,9,15H,7-8H2,1H3,(H,18,19). The second kappa shape index (κ2) is 6.06. The number of carboxylic acid groups (broad SMARTS) is 1. The molecule has 1 aromatic heterocycles. The topological polar surface area (TPSA) is 75.1 Å². The number of hydrogen-bond acceptors (Lipinski definition) is 4. The van der Waals surface area contributed by atoms with Gasteiger partial charge in [-0.2, -0.15) is 0 Å². The van der Waals surface area contributed by atoms with Crippen LogP contribution in [0.5, 0.6) is 0 Å². The van der Waals surface area contributed by atoms with Crippen molar-refractivity contribution in [2.24, 2.45) is 0 Å². The Kier molecular flexibility index (Phi) is 4.20. The largest absolute Gasteiger partial charge is 0.478 e. The third-order valence-electron chi connectivity index (χ3n) is 2.67. The Morgan fingerprint density at radius 1 is 1.16 bits per heavy atom. The third kappa shape index (κ3) is 3.86. The average molecular weight is 257 g/mol. The number of nitrogens with zero attached hydrogens (tertiary/aromatic N) is 2. The van der Waals surface area contributed by atoms with E-state index in [2.05, 4.69) is 15.3 Å². The lowest BCUT2D eigenvalue weighted by Gasteiger charge is -2.05. The van der Waals surface area contributed by atoms with E-state index in [-0.39, 0.29) is 0 Å². The summed E-state index contributed by atoms with van der Waals surface area (Å²) in [4.78, 5) is 19.1. The van der Waals surface area contributed by atoms with Crippen molar-refractivity contribution in [1.82, 2.24) is 15.3 Å². The molecule has 5 nitrogen and oxygen atoms in total. The van der Waals surface area contributed by atoms with Gasteiger partial charge < -0.3 is 10.4 Å². The highest BCUT2D eigenvalue weighted by molar-refractivity contribution is 5.87. The van der Waals surface area contributed by atoms with Crippen molar-refractivity contribution < 1.29 is 9.90 Å². The quantitative estimate of drug-likeness (QED) is 0.853. The molecule has 0 amide bonds. The Hall–Kier alpha value is -2.27. The molecule has 2 N–H and O–H groups in total. The van der Waals surface area contributed by atoms with Gasteiger partial charge in [-0.15, -0.1) is 0 Å².